The molecule has 4 aromatic rings. The number of anilines is 1. The van der Waals surface area contributed by atoms with Gasteiger partial charge in [-0.1, -0.05) is 12.1 Å². The fourth-order valence-corrected chi connectivity index (χ4v) is 2.66. The maximum absolute atomic E-state index is 13.1. The summed E-state index contributed by atoms with van der Waals surface area (Å²) >= 11 is 0. The van der Waals surface area contributed by atoms with Gasteiger partial charge in [0.05, 0.1) is 11.3 Å². The molecule has 1 amide bonds. The third kappa shape index (κ3) is 2.75. The summed E-state index contributed by atoms with van der Waals surface area (Å²) in [5.74, 6) is -0.293. The van der Waals surface area contributed by atoms with Crippen molar-refractivity contribution < 1.29 is 14.3 Å². The molecule has 4 rings (SSSR count). The Morgan fingerprint density at radius 3 is 2.54 bits per heavy atom. The monoisotopic (exact) mass is 348 g/mol. The standard InChI is InChI=1S/C19H13FN4O2/c20-13-9-7-12(8-10-13)17-22-23-18-14(4-3-11-24(17)18)19(26)21-15-5-1-2-6-16(15)25/h1-11,25H,(H,21,26). The summed E-state index contributed by atoms with van der Waals surface area (Å²) in [7, 11) is 0. The number of carbonyl (C=O) groups excluding carboxylic acids is 1. The van der Waals surface area contributed by atoms with E-state index in [1.54, 1.807) is 53.1 Å². The zero-order valence-corrected chi connectivity index (χ0v) is 13.4. The number of phenolic OH excluding ortho intramolecular Hbond substituents is 1. The normalized spacial score (nSPS) is 10.8. The number of aromatic hydroxyl groups is 1. The van der Waals surface area contributed by atoms with Crippen molar-refractivity contribution in [2.24, 2.45) is 0 Å². The molecule has 2 N–H and O–H groups in total. The van der Waals surface area contributed by atoms with Gasteiger partial charge in [-0.3, -0.25) is 9.20 Å². The molecule has 0 aliphatic heterocycles. The van der Waals surface area contributed by atoms with Gasteiger partial charge < -0.3 is 10.4 Å². The van der Waals surface area contributed by atoms with E-state index in [1.165, 1.54) is 18.2 Å². The topological polar surface area (TPSA) is 79.5 Å². The predicted molar refractivity (Wildman–Crippen MR) is 94.4 cm³/mol. The van der Waals surface area contributed by atoms with E-state index < -0.39 is 5.91 Å². The lowest BCUT2D eigenvalue weighted by atomic mass is 10.2. The number of nitrogens with zero attached hydrogens (tertiary/aromatic N) is 3. The first-order valence-corrected chi connectivity index (χ1v) is 7.82. The number of para-hydroxylation sites is 2. The highest BCUT2D eigenvalue weighted by Gasteiger charge is 2.17. The molecule has 0 saturated heterocycles. The van der Waals surface area contributed by atoms with Crippen molar-refractivity contribution in [2.75, 3.05) is 5.32 Å². The highest BCUT2D eigenvalue weighted by atomic mass is 19.1. The second-order valence-electron chi connectivity index (χ2n) is 5.62. The Hall–Kier alpha value is -3.74. The Bertz CT molecular complexity index is 1110. The second kappa shape index (κ2) is 6.29. The number of pyridine rings is 1. The van der Waals surface area contributed by atoms with E-state index in [4.69, 9.17) is 0 Å². The number of phenols is 1. The Morgan fingerprint density at radius 1 is 1.00 bits per heavy atom. The van der Waals surface area contributed by atoms with Crippen LogP contribution in [0.2, 0.25) is 0 Å². The Labute approximate surface area is 147 Å². The van der Waals surface area contributed by atoms with Crippen LogP contribution in [-0.4, -0.2) is 25.6 Å². The molecule has 0 atom stereocenters. The molecular formula is C19H13FN4O2. The predicted octanol–water partition coefficient (Wildman–Crippen LogP) is 3.49. The number of hydrogen-bond acceptors (Lipinski definition) is 4. The average molecular weight is 348 g/mol. The minimum absolute atomic E-state index is 0.0266. The van der Waals surface area contributed by atoms with Gasteiger partial charge in [-0.2, -0.15) is 0 Å². The molecule has 6 nitrogen and oxygen atoms in total. The van der Waals surface area contributed by atoms with Gasteiger partial charge in [0.25, 0.3) is 5.91 Å². The van der Waals surface area contributed by atoms with Crippen LogP contribution < -0.4 is 5.32 Å². The minimum Gasteiger partial charge on any atom is -0.506 e. The van der Waals surface area contributed by atoms with E-state index in [9.17, 15) is 14.3 Å². The number of hydrogen-bond donors (Lipinski definition) is 2. The summed E-state index contributed by atoms with van der Waals surface area (Å²) in [4.78, 5) is 12.6. The van der Waals surface area contributed by atoms with E-state index in [0.717, 1.165) is 0 Å². The first kappa shape index (κ1) is 15.8. The molecule has 2 aromatic carbocycles. The van der Waals surface area contributed by atoms with Crippen LogP contribution in [0.5, 0.6) is 5.75 Å². The Balaban J connectivity index is 1.74. The van der Waals surface area contributed by atoms with E-state index in [-0.39, 0.29) is 11.6 Å². The van der Waals surface area contributed by atoms with Crippen LogP contribution in [0, 0.1) is 5.82 Å². The Kier molecular flexibility index (Phi) is 3.81. The molecule has 2 heterocycles. The molecule has 2 aromatic heterocycles. The number of nitrogens with one attached hydrogen (secondary N) is 1. The molecule has 0 aliphatic carbocycles. The summed E-state index contributed by atoms with van der Waals surface area (Å²) in [5, 5.41) is 20.7. The van der Waals surface area contributed by atoms with Gasteiger partial charge >= 0.3 is 0 Å². The van der Waals surface area contributed by atoms with Crippen molar-refractivity contribution in [3.63, 3.8) is 0 Å². The first-order valence-electron chi connectivity index (χ1n) is 7.82. The third-order valence-electron chi connectivity index (χ3n) is 3.93. The molecule has 0 saturated carbocycles. The van der Waals surface area contributed by atoms with E-state index >= 15 is 0 Å². The summed E-state index contributed by atoms with van der Waals surface area (Å²) in [5.41, 5.74) is 1.64. The molecule has 0 radical (unpaired) electrons. The van der Waals surface area contributed by atoms with Crippen molar-refractivity contribution in [3.05, 3.63) is 78.2 Å². The lowest BCUT2D eigenvalue weighted by Gasteiger charge is -2.08. The number of fused-ring (bicyclic) bond motifs is 1. The molecule has 128 valence electrons. The minimum atomic E-state index is -0.421. The van der Waals surface area contributed by atoms with E-state index in [2.05, 4.69) is 15.5 Å². The van der Waals surface area contributed by atoms with Crippen molar-refractivity contribution in [3.8, 4) is 17.1 Å². The molecular weight excluding hydrogens is 335 g/mol. The fourth-order valence-electron chi connectivity index (χ4n) is 2.66. The molecule has 0 spiro atoms. The summed E-state index contributed by atoms with van der Waals surface area (Å²) in [6.45, 7) is 0. The van der Waals surface area contributed by atoms with Crippen molar-refractivity contribution >= 4 is 17.2 Å². The zero-order chi connectivity index (χ0) is 18.1. The first-order chi connectivity index (χ1) is 12.6. The number of rotatable bonds is 3. The lowest BCUT2D eigenvalue weighted by Crippen LogP contribution is -2.13. The molecule has 0 unspecified atom stereocenters. The number of halogens is 1. The van der Waals surface area contributed by atoms with Crippen LogP contribution in [0.3, 0.4) is 0 Å². The number of amides is 1. The number of aromatic nitrogens is 3. The average Bonchev–Trinajstić information content (AvgIpc) is 3.08. The number of benzene rings is 2. The quantitative estimate of drug-likeness (QED) is 0.556. The lowest BCUT2D eigenvalue weighted by molar-refractivity contribution is 0.102. The highest BCUT2D eigenvalue weighted by Crippen LogP contribution is 2.24. The van der Waals surface area contributed by atoms with E-state index in [0.29, 0.717) is 28.3 Å². The smallest absolute Gasteiger partial charge is 0.259 e. The van der Waals surface area contributed by atoms with Crippen molar-refractivity contribution in [1.82, 2.24) is 14.6 Å². The van der Waals surface area contributed by atoms with Crippen molar-refractivity contribution in [2.45, 2.75) is 0 Å². The van der Waals surface area contributed by atoms with Crippen LogP contribution in [-0.2, 0) is 0 Å². The third-order valence-corrected chi connectivity index (χ3v) is 3.93. The number of carbonyl (C=O) groups is 1. The molecule has 0 bridgehead atoms. The van der Waals surface area contributed by atoms with Crippen LogP contribution in [0.15, 0.2) is 66.9 Å². The van der Waals surface area contributed by atoms with Crippen molar-refractivity contribution in [1.29, 1.82) is 0 Å². The summed E-state index contributed by atoms with van der Waals surface area (Å²) < 4.78 is 14.8. The zero-order valence-electron chi connectivity index (χ0n) is 13.4. The molecule has 7 heteroatoms. The van der Waals surface area contributed by atoms with Crippen LogP contribution >= 0.6 is 0 Å². The highest BCUT2D eigenvalue weighted by molar-refractivity contribution is 6.08. The summed E-state index contributed by atoms with van der Waals surface area (Å²) in [6, 6.07) is 15.6. The van der Waals surface area contributed by atoms with Gasteiger partial charge in [0.2, 0.25) is 0 Å². The SMILES string of the molecule is O=C(Nc1ccccc1O)c1cccn2c(-c3ccc(F)cc3)nnc12. The van der Waals surface area contributed by atoms with Gasteiger partial charge in [0, 0.05) is 11.8 Å². The van der Waals surface area contributed by atoms with E-state index in [1.807, 2.05) is 0 Å². The molecule has 26 heavy (non-hydrogen) atoms. The molecule has 0 aliphatic rings. The fraction of sp³-hybridized carbons (Fsp3) is 0. The Morgan fingerprint density at radius 2 is 1.77 bits per heavy atom. The maximum atomic E-state index is 13.1. The largest absolute Gasteiger partial charge is 0.506 e. The van der Waals surface area contributed by atoms with Gasteiger partial charge in [-0.05, 0) is 48.5 Å². The van der Waals surface area contributed by atoms with Gasteiger partial charge in [0.15, 0.2) is 11.5 Å². The van der Waals surface area contributed by atoms with Gasteiger partial charge in [-0.25, -0.2) is 4.39 Å². The van der Waals surface area contributed by atoms with Gasteiger partial charge in [-0.15, -0.1) is 10.2 Å². The van der Waals surface area contributed by atoms with Crippen LogP contribution in [0.25, 0.3) is 17.0 Å². The molecule has 0 fully saturated rings. The summed E-state index contributed by atoms with van der Waals surface area (Å²) in [6.07, 6.45) is 1.73. The van der Waals surface area contributed by atoms with Gasteiger partial charge in [0.1, 0.15) is 11.6 Å². The van der Waals surface area contributed by atoms with Crippen LogP contribution in [0.1, 0.15) is 10.4 Å². The second-order valence-corrected chi connectivity index (χ2v) is 5.62. The maximum Gasteiger partial charge on any atom is 0.259 e. The van der Waals surface area contributed by atoms with Crippen LogP contribution in [0.4, 0.5) is 10.1 Å².